The Hall–Kier alpha value is -3.50. The summed E-state index contributed by atoms with van der Waals surface area (Å²) >= 11 is 0. The molecule has 3 aromatic rings. The van der Waals surface area contributed by atoms with E-state index >= 15 is 0 Å². The molecule has 0 aromatic heterocycles. The number of carbonyl (C=O) groups is 2. The molecule has 3 aromatic carbocycles. The molecule has 0 aliphatic rings. The Bertz CT molecular complexity index is 1020. The molecule has 0 unspecified atom stereocenters. The largest absolute Gasteiger partial charge is 0.342 e. The SMILES string of the molecule is CN(C)Cc1ccc(/C=C/c2ccccc2C(=O)N[C@H](C=O)Cc2ccccc2)cc1. The van der Waals surface area contributed by atoms with E-state index in [-0.39, 0.29) is 5.91 Å². The molecular weight excluding hydrogens is 384 g/mol. The zero-order valence-corrected chi connectivity index (χ0v) is 18.0. The lowest BCUT2D eigenvalue weighted by molar-refractivity contribution is -0.109. The van der Waals surface area contributed by atoms with Crippen molar-refractivity contribution in [2.75, 3.05) is 14.1 Å². The Balaban J connectivity index is 1.71. The first kappa shape index (κ1) is 22.2. The number of benzene rings is 3. The molecule has 3 rings (SSSR count). The van der Waals surface area contributed by atoms with Gasteiger partial charge in [-0.1, -0.05) is 84.9 Å². The summed E-state index contributed by atoms with van der Waals surface area (Å²) in [5.41, 5.74) is 4.67. The third kappa shape index (κ3) is 6.76. The van der Waals surface area contributed by atoms with Crippen molar-refractivity contribution in [3.63, 3.8) is 0 Å². The van der Waals surface area contributed by atoms with Crippen molar-refractivity contribution in [1.82, 2.24) is 10.2 Å². The van der Waals surface area contributed by atoms with Gasteiger partial charge in [0.15, 0.2) is 0 Å². The van der Waals surface area contributed by atoms with Gasteiger partial charge in [-0.2, -0.15) is 0 Å². The number of rotatable bonds is 9. The topological polar surface area (TPSA) is 49.4 Å². The van der Waals surface area contributed by atoms with Crippen LogP contribution >= 0.6 is 0 Å². The molecule has 0 heterocycles. The highest BCUT2D eigenvalue weighted by Gasteiger charge is 2.15. The van der Waals surface area contributed by atoms with E-state index < -0.39 is 6.04 Å². The molecule has 4 nitrogen and oxygen atoms in total. The Morgan fingerprint density at radius 3 is 2.23 bits per heavy atom. The van der Waals surface area contributed by atoms with Crippen LogP contribution in [0.1, 0.15) is 32.6 Å². The van der Waals surface area contributed by atoms with Gasteiger partial charge in [-0.25, -0.2) is 0 Å². The smallest absolute Gasteiger partial charge is 0.252 e. The molecule has 0 radical (unpaired) electrons. The van der Waals surface area contributed by atoms with Crippen LogP contribution < -0.4 is 5.32 Å². The Morgan fingerprint density at radius 2 is 1.55 bits per heavy atom. The zero-order chi connectivity index (χ0) is 22.1. The standard InChI is InChI=1S/C27H28N2O2/c1-29(2)19-23-14-12-21(13-15-23)16-17-24-10-6-7-11-26(24)27(31)28-25(20-30)18-22-8-4-3-5-9-22/h3-17,20,25H,18-19H2,1-2H3,(H,28,31)/b17-16+/t25-/m0/s1. The third-order valence-corrected chi connectivity index (χ3v) is 4.92. The molecule has 1 atom stereocenters. The number of nitrogens with zero attached hydrogens (tertiary/aromatic N) is 1. The fraction of sp³-hybridized carbons (Fsp3) is 0.185. The van der Waals surface area contributed by atoms with Gasteiger partial charge in [0.2, 0.25) is 0 Å². The second-order valence-corrected chi connectivity index (χ2v) is 7.81. The maximum Gasteiger partial charge on any atom is 0.252 e. The zero-order valence-electron chi connectivity index (χ0n) is 18.0. The second-order valence-electron chi connectivity index (χ2n) is 7.81. The van der Waals surface area contributed by atoms with Crippen LogP contribution in [-0.4, -0.2) is 37.2 Å². The number of hydrogen-bond acceptors (Lipinski definition) is 3. The highest BCUT2D eigenvalue weighted by molar-refractivity contribution is 5.99. The van der Waals surface area contributed by atoms with Crippen molar-refractivity contribution in [2.45, 2.75) is 19.0 Å². The van der Waals surface area contributed by atoms with E-state index in [1.807, 2.05) is 74.8 Å². The fourth-order valence-electron chi connectivity index (χ4n) is 3.38. The second kappa shape index (κ2) is 11.0. The average Bonchev–Trinajstić information content (AvgIpc) is 2.78. The number of carbonyl (C=O) groups excluding carboxylic acids is 2. The summed E-state index contributed by atoms with van der Waals surface area (Å²) in [5, 5.41) is 2.85. The van der Waals surface area contributed by atoms with Crippen LogP contribution in [0, 0.1) is 0 Å². The quantitative estimate of drug-likeness (QED) is 0.417. The maximum atomic E-state index is 12.9. The summed E-state index contributed by atoms with van der Waals surface area (Å²) in [6, 6.07) is 24.9. The number of nitrogens with one attached hydrogen (secondary N) is 1. The highest BCUT2D eigenvalue weighted by atomic mass is 16.2. The highest BCUT2D eigenvalue weighted by Crippen LogP contribution is 2.15. The van der Waals surface area contributed by atoms with Gasteiger partial charge in [-0.3, -0.25) is 4.79 Å². The van der Waals surface area contributed by atoms with Crippen molar-refractivity contribution in [2.24, 2.45) is 0 Å². The maximum absolute atomic E-state index is 12.9. The van der Waals surface area contributed by atoms with E-state index in [4.69, 9.17) is 0 Å². The van der Waals surface area contributed by atoms with Gasteiger partial charge in [0.05, 0.1) is 6.04 Å². The van der Waals surface area contributed by atoms with Crippen LogP contribution in [0.25, 0.3) is 12.2 Å². The number of amides is 1. The van der Waals surface area contributed by atoms with Gasteiger partial charge >= 0.3 is 0 Å². The van der Waals surface area contributed by atoms with E-state index in [1.54, 1.807) is 6.07 Å². The molecule has 0 aliphatic carbocycles. The molecule has 1 amide bonds. The molecule has 0 aliphatic heterocycles. The van der Waals surface area contributed by atoms with Crippen molar-refractivity contribution in [3.8, 4) is 0 Å². The lowest BCUT2D eigenvalue weighted by Crippen LogP contribution is -2.37. The summed E-state index contributed by atoms with van der Waals surface area (Å²) in [6.45, 7) is 0.897. The summed E-state index contributed by atoms with van der Waals surface area (Å²) < 4.78 is 0. The van der Waals surface area contributed by atoms with Crippen LogP contribution in [0.15, 0.2) is 78.9 Å². The van der Waals surface area contributed by atoms with E-state index in [0.717, 1.165) is 29.5 Å². The van der Waals surface area contributed by atoms with Gasteiger partial charge in [0, 0.05) is 12.1 Å². The van der Waals surface area contributed by atoms with E-state index in [2.05, 4.69) is 34.5 Å². The lowest BCUT2D eigenvalue weighted by Gasteiger charge is -2.14. The van der Waals surface area contributed by atoms with E-state index in [1.165, 1.54) is 5.56 Å². The summed E-state index contributed by atoms with van der Waals surface area (Å²) in [4.78, 5) is 26.5. The van der Waals surface area contributed by atoms with Gasteiger partial charge in [0.25, 0.3) is 5.91 Å². The predicted molar refractivity (Wildman–Crippen MR) is 127 cm³/mol. The van der Waals surface area contributed by atoms with Crippen LogP contribution in [0.4, 0.5) is 0 Å². The van der Waals surface area contributed by atoms with Crippen molar-refractivity contribution < 1.29 is 9.59 Å². The molecule has 0 bridgehead atoms. The first-order chi connectivity index (χ1) is 15.0. The van der Waals surface area contributed by atoms with Crippen LogP contribution in [0.3, 0.4) is 0 Å². The molecule has 0 saturated heterocycles. The monoisotopic (exact) mass is 412 g/mol. The first-order valence-corrected chi connectivity index (χ1v) is 10.4. The van der Waals surface area contributed by atoms with Crippen LogP contribution in [0.5, 0.6) is 0 Å². The minimum absolute atomic E-state index is 0.255. The van der Waals surface area contributed by atoms with Gasteiger partial charge in [0.1, 0.15) is 6.29 Å². The molecular formula is C27H28N2O2. The van der Waals surface area contributed by atoms with Crippen molar-refractivity contribution in [3.05, 3.63) is 107 Å². The van der Waals surface area contributed by atoms with Gasteiger partial charge in [-0.15, -0.1) is 0 Å². The summed E-state index contributed by atoms with van der Waals surface area (Å²) in [6.07, 6.45) is 5.18. The normalized spacial score (nSPS) is 12.1. The Morgan fingerprint density at radius 1 is 0.871 bits per heavy atom. The number of aldehydes is 1. The minimum Gasteiger partial charge on any atom is -0.342 e. The third-order valence-electron chi connectivity index (χ3n) is 4.92. The molecule has 158 valence electrons. The van der Waals surface area contributed by atoms with E-state index in [0.29, 0.717) is 12.0 Å². The fourth-order valence-corrected chi connectivity index (χ4v) is 3.38. The predicted octanol–water partition coefficient (Wildman–Crippen LogP) is 4.46. The molecule has 0 fully saturated rings. The van der Waals surface area contributed by atoms with Crippen molar-refractivity contribution in [1.29, 1.82) is 0 Å². The molecule has 31 heavy (non-hydrogen) atoms. The average molecular weight is 413 g/mol. The summed E-state index contributed by atoms with van der Waals surface area (Å²) in [5.74, 6) is -0.255. The molecule has 1 N–H and O–H groups in total. The van der Waals surface area contributed by atoms with E-state index in [9.17, 15) is 9.59 Å². The van der Waals surface area contributed by atoms with Crippen LogP contribution in [-0.2, 0) is 17.8 Å². The van der Waals surface area contributed by atoms with Gasteiger partial charge < -0.3 is 15.0 Å². The Kier molecular flexibility index (Phi) is 7.91. The van der Waals surface area contributed by atoms with Crippen LogP contribution in [0.2, 0.25) is 0 Å². The minimum atomic E-state index is -0.573. The molecule has 0 saturated carbocycles. The first-order valence-electron chi connectivity index (χ1n) is 10.4. The number of hydrogen-bond donors (Lipinski definition) is 1. The molecule has 0 spiro atoms. The lowest BCUT2D eigenvalue weighted by atomic mass is 10.0. The molecule has 4 heteroatoms. The Labute approximate surface area is 184 Å². The van der Waals surface area contributed by atoms with Crippen molar-refractivity contribution >= 4 is 24.3 Å². The van der Waals surface area contributed by atoms with Gasteiger partial charge in [-0.05, 0) is 48.8 Å². The summed E-state index contributed by atoms with van der Waals surface area (Å²) in [7, 11) is 4.09.